The van der Waals surface area contributed by atoms with Crippen molar-refractivity contribution in [2.24, 2.45) is 0 Å². The number of aryl methyl sites for hydroxylation is 1. The topological polar surface area (TPSA) is 141 Å². The van der Waals surface area contributed by atoms with Gasteiger partial charge in [-0.2, -0.15) is 0 Å². The summed E-state index contributed by atoms with van der Waals surface area (Å²) in [5.41, 5.74) is -1.33. The number of carboxylic acid groups (broad SMARTS) is 1. The molecule has 0 aliphatic carbocycles. The number of aromatic carboxylic acids is 1. The number of aromatic nitrogens is 3. The average molecular weight is 266 g/mol. The number of hydrogen-bond acceptors (Lipinski definition) is 6. The van der Waals surface area contributed by atoms with Crippen LogP contribution < -0.4 is 16.6 Å². The number of carbonyl (C=O) groups is 1. The highest BCUT2D eigenvalue weighted by molar-refractivity contribution is 5.88. The minimum absolute atomic E-state index is 0.0557. The van der Waals surface area contributed by atoms with Gasteiger partial charge < -0.3 is 14.8 Å². The number of H-pyrrole nitrogens is 2. The zero-order valence-electron chi connectivity index (χ0n) is 9.81. The molecule has 2 aromatic heterocycles. The highest BCUT2D eigenvalue weighted by atomic mass is 16.4. The van der Waals surface area contributed by atoms with Crippen molar-refractivity contribution in [3.8, 4) is 0 Å². The summed E-state index contributed by atoms with van der Waals surface area (Å²) in [5, 5.41) is 17.0. The smallest absolute Gasteiger partial charge is 0.342 e. The van der Waals surface area contributed by atoms with E-state index < -0.39 is 17.2 Å². The lowest BCUT2D eigenvalue weighted by atomic mass is 10.2. The fraction of sp³-hybridized carbons (Fsp3) is 0.200. The SMILES string of the molecule is Cc1oc(CNc2n[nH]c(=O)[nH]c2=O)cc1C(=O)O. The Bertz CT molecular complexity index is 726. The molecule has 0 saturated carbocycles. The van der Waals surface area contributed by atoms with Crippen LogP contribution in [-0.4, -0.2) is 26.3 Å². The standard InChI is InChI=1S/C10H10N4O5/c1-4-6(9(16)17)2-5(19-4)3-11-7-8(15)12-10(18)14-13-7/h2H,3H2,1H3,(H,11,13)(H,16,17)(H2,12,14,15,18). The Hall–Kier alpha value is -2.84. The maximum absolute atomic E-state index is 11.3. The average Bonchev–Trinajstić information content (AvgIpc) is 2.69. The second kappa shape index (κ2) is 4.80. The monoisotopic (exact) mass is 266 g/mol. The van der Waals surface area contributed by atoms with Gasteiger partial charge in [0, 0.05) is 0 Å². The first-order chi connectivity index (χ1) is 8.97. The van der Waals surface area contributed by atoms with Crippen molar-refractivity contribution >= 4 is 11.8 Å². The van der Waals surface area contributed by atoms with Gasteiger partial charge >= 0.3 is 11.7 Å². The summed E-state index contributed by atoms with van der Waals surface area (Å²) in [7, 11) is 0. The zero-order valence-corrected chi connectivity index (χ0v) is 9.81. The molecule has 0 saturated heterocycles. The molecule has 0 aromatic carbocycles. The Kier molecular flexibility index (Phi) is 3.19. The van der Waals surface area contributed by atoms with Crippen molar-refractivity contribution in [1.29, 1.82) is 0 Å². The van der Waals surface area contributed by atoms with Crippen LogP contribution >= 0.6 is 0 Å². The van der Waals surface area contributed by atoms with Crippen molar-refractivity contribution in [2.75, 3.05) is 5.32 Å². The Balaban J connectivity index is 2.14. The highest BCUT2D eigenvalue weighted by Crippen LogP contribution is 2.15. The van der Waals surface area contributed by atoms with Crippen molar-refractivity contribution in [1.82, 2.24) is 15.2 Å². The van der Waals surface area contributed by atoms with Crippen LogP contribution in [0.2, 0.25) is 0 Å². The van der Waals surface area contributed by atoms with E-state index in [4.69, 9.17) is 9.52 Å². The van der Waals surface area contributed by atoms with Crippen LogP contribution in [0.3, 0.4) is 0 Å². The molecule has 0 unspecified atom stereocenters. The molecule has 9 nitrogen and oxygen atoms in total. The fourth-order valence-corrected chi connectivity index (χ4v) is 1.48. The molecule has 0 fully saturated rings. The van der Waals surface area contributed by atoms with E-state index in [1.807, 2.05) is 4.98 Å². The van der Waals surface area contributed by atoms with Gasteiger partial charge in [-0.3, -0.25) is 9.78 Å². The number of carboxylic acids is 1. The first-order valence-corrected chi connectivity index (χ1v) is 5.23. The van der Waals surface area contributed by atoms with E-state index in [-0.39, 0.29) is 23.7 Å². The van der Waals surface area contributed by atoms with Gasteiger partial charge in [-0.15, -0.1) is 5.10 Å². The molecule has 2 rings (SSSR count). The highest BCUT2D eigenvalue weighted by Gasteiger charge is 2.13. The van der Waals surface area contributed by atoms with E-state index in [1.165, 1.54) is 13.0 Å². The summed E-state index contributed by atoms with van der Waals surface area (Å²) in [5.74, 6) is -0.576. The molecule has 2 aromatic rings. The van der Waals surface area contributed by atoms with Crippen molar-refractivity contribution in [3.05, 3.63) is 44.0 Å². The molecule has 9 heteroatoms. The lowest BCUT2D eigenvalue weighted by Crippen LogP contribution is -2.26. The predicted molar refractivity (Wildman–Crippen MR) is 63.2 cm³/mol. The van der Waals surface area contributed by atoms with Crippen LogP contribution in [0, 0.1) is 6.92 Å². The largest absolute Gasteiger partial charge is 0.478 e. The molecule has 0 aliphatic heterocycles. The minimum atomic E-state index is -1.09. The molecule has 100 valence electrons. The number of aromatic amines is 2. The number of hydrogen-bond donors (Lipinski definition) is 4. The van der Waals surface area contributed by atoms with Crippen LogP contribution in [0.5, 0.6) is 0 Å². The molecule has 19 heavy (non-hydrogen) atoms. The van der Waals surface area contributed by atoms with Crippen molar-refractivity contribution < 1.29 is 14.3 Å². The molecule has 0 atom stereocenters. The quantitative estimate of drug-likeness (QED) is 0.593. The third kappa shape index (κ3) is 2.70. The first-order valence-electron chi connectivity index (χ1n) is 5.23. The second-order valence-electron chi connectivity index (χ2n) is 3.70. The number of nitrogens with zero attached hydrogens (tertiary/aromatic N) is 1. The molecule has 0 bridgehead atoms. The van der Waals surface area contributed by atoms with Gasteiger partial charge in [-0.1, -0.05) is 0 Å². The van der Waals surface area contributed by atoms with Gasteiger partial charge in [0.05, 0.1) is 6.54 Å². The maximum atomic E-state index is 11.3. The van der Waals surface area contributed by atoms with Crippen molar-refractivity contribution in [3.63, 3.8) is 0 Å². The minimum Gasteiger partial charge on any atom is -0.478 e. The number of rotatable bonds is 4. The van der Waals surface area contributed by atoms with Crippen LogP contribution in [0.4, 0.5) is 5.82 Å². The molecular weight excluding hydrogens is 256 g/mol. The third-order valence-corrected chi connectivity index (χ3v) is 2.34. The van der Waals surface area contributed by atoms with Gasteiger partial charge in [0.15, 0.2) is 0 Å². The van der Waals surface area contributed by atoms with E-state index >= 15 is 0 Å². The van der Waals surface area contributed by atoms with E-state index in [0.717, 1.165) is 0 Å². The summed E-state index contributed by atoms with van der Waals surface area (Å²) in [6.07, 6.45) is 0. The maximum Gasteiger partial charge on any atom is 0.342 e. The normalized spacial score (nSPS) is 10.4. The molecule has 0 aliphatic rings. The van der Waals surface area contributed by atoms with Gasteiger partial charge in [-0.25, -0.2) is 14.7 Å². The van der Waals surface area contributed by atoms with Crippen LogP contribution in [0.25, 0.3) is 0 Å². The van der Waals surface area contributed by atoms with Gasteiger partial charge in [0.2, 0.25) is 5.82 Å². The van der Waals surface area contributed by atoms with E-state index in [1.54, 1.807) is 0 Å². The van der Waals surface area contributed by atoms with Crippen LogP contribution in [-0.2, 0) is 6.54 Å². The summed E-state index contributed by atoms with van der Waals surface area (Å²) in [6, 6.07) is 1.35. The predicted octanol–water partition coefficient (Wildman–Crippen LogP) is -0.330. The summed E-state index contributed by atoms with van der Waals surface area (Å²) >= 11 is 0. The first kappa shape index (κ1) is 12.6. The van der Waals surface area contributed by atoms with Crippen molar-refractivity contribution in [2.45, 2.75) is 13.5 Å². The zero-order chi connectivity index (χ0) is 14.0. The Morgan fingerprint density at radius 1 is 1.53 bits per heavy atom. The van der Waals surface area contributed by atoms with E-state index in [2.05, 4.69) is 15.5 Å². The van der Waals surface area contributed by atoms with E-state index in [0.29, 0.717) is 5.76 Å². The molecular formula is C10H10N4O5. The van der Waals surface area contributed by atoms with Gasteiger partial charge in [0.25, 0.3) is 5.56 Å². The molecule has 4 N–H and O–H groups in total. The molecule has 0 radical (unpaired) electrons. The number of anilines is 1. The lowest BCUT2D eigenvalue weighted by molar-refractivity contribution is 0.0695. The van der Waals surface area contributed by atoms with E-state index in [9.17, 15) is 14.4 Å². The Morgan fingerprint density at radius 2 is 2.26 bits per heavy atom. The van der Waals surface area contributed by atoms with Crippen LogP contribution in [0.15, 0.2) is 20.1 Å². The molecule has 0 amide bonds. The Morgan fingerprint density at radius 3 is 2.84 bits per heavy atom. The van der Waals surface area contributed by atoms with Gasteiger partial charge in [0.1, 0.15) is 17.1 Å². The number of nitrogens with one attached hydrogen (secondary N) is 3. The summed E-state index contributed by atoms with van der Waals surface area (Å²) < 4.78 is 5.21. The summed E-state index contributed by atoms with van der Waals surface area (Å²) in [6.45, 7) is 1.59. The molecule has 2 heterocycles. The fourth-order valence-electron chi connectivity index (χ4n) is 1.48. The second-order valence-corrected chi connectivity index (χ2v) is 3.70. The molecule has 0 spiro atoms. The third-order valence-electron chi connectivity index (χ3n) is 2.34. The van der Waals surface area contributed by atoms with Gasteiger partial charge in [-0.05, 0) is 13.0 Å². The number of furan rings is 1. The summed E-state index contributed by atoms with van der Waals surface area (Å²) in [4.78, 5) is 34.9. The lowest BCUT2D eigenvalue weighted by Gasteiger charge is -2.00. The Labute approximate surface area is 105 Å². The van der Waals surface area contributed by atoms with Crippen LogP contribution in [0.1, 0.15) is 21.9 Å².